The molecule has 1 aliphatic heterocycles. The lowest BCUT2D eigenvalue weighted by molar-refractivity contribution is 0.0683. The molecule has 3 heterocycles. The van der Waals surface area contributed by atoms with E-state index in [4.69, 9.17) is 4.98 Å². The highest BCUT2D eigenvalue weighted by molar-refractivity contribution is 7.98. The number of carbonyl (C=O) groups is 1. The number of hydrogen-bond donors (Lipinski definition) is 0. The third-order valence-electron chi connectivity index (χ3n) is 6.49. The number of likely N-dealkylation sites (tertiary alicyclic amines) is 1. The molecule has 4 aromatic rings. The number of nitrogens with zero attached hydrogens (tertiary/aromatic N) is 4. The minimum atomic E-state index is 0.143. The Hall–Kier alpha value is -3.12. The van der Waals surface area contributed by atoms with Gasteiger partial charge in [0.15, 0.2) is 5.16 Å². The average molecular weight is 471 g/mol. The van der Waals surface area contributed by atoms with Crippen LogP contribution in [-0.4, -0.2) is 38.4 Å². The fourth-order valence-electron chi connectivity index (χ4n) is 4.53. The van der Waals surface area contributed by atoms with Gasteiger partial charge in [-0.25, -0.2) is 4.98 Å². The fourth-order valence-corrected chi connectivity index (χ4v) is 5.50. The topological polar surface area (TPSA) is 51.0 Å². The molecule has 6 heteroatoms. The van der Waals surface area contributed by atoms with E-state index in [1.807, 2.05) is 29.3 Å². The van der Waals surface area contributed by atoms with Crippen molar-refractivity contribution in [3.05, 3.63) is 89.2 Å². The second-order valence-corrected chi connectivity index (χ2v) is 10.3. The molecule has 5 rings (SSSR count). The van der Waals surface area contributed by atoms with Crippen molar-refractivity contribution in [1.29, 1.82) is 0 Å². The normalized spacial score (nSPS) is 16.2. The molecule has 174 valence electrons. The summed E-state index contributed by atoms with van der Waals surface area (Å²) in [5.74, 6) is 1.58. The zero-order chi connectivity index (χ0) is 23.5. The van der Waals surface area contributed by atoms with Crippen molar-refractivity contribution in [3.63, 3.8) is 0 Å². The SMILES string of the molecule is Cc1ccc(CSc2nc3ccncc3n2Cc2ccc(C(=O)N3CCC[C@H](C)C3)cc2)cc1. The number of rotatable bonds is 6. The molecular formula is C28H30N4OS. The number of pyridine rings is 1. The molecule has 34 heavy (non-hydrogen) atoms. The van der Waals surface area contributed by atoms with Crippen molar-refractivity contribution in [2.24, 2.45) is 5.92 Å². The molecule has 2 aromatic carbocycles. The second-order valence-electron chi connectivity index (χ2n) is 9.31. The standard InChI is InChI=1S/C28H30N4OS/c1-20-5-7-23(8-6-20)19-34-28-30-25-13-14-29-16-26(25)32(28)18-22-9-11-24(12-10-22)27(33)31-15-3-4-21(2)17-31/h5-14,16,21H,3-4,15,17-19H2,1-2H3/t21-/m0/s1. The summed E-state index contributed by atoms with van der Waals surface area (Å²) >= 11 is 1.74. The average Bonchev–Trinajstić information content (AvgIpc) is 3.21. The maximum Gasteiger partial charge on any atom is 0.253 e. The molecule has 1 fully saturated rings. The van der Waals surface area contributed by atoms with Gasteiger partial charge in [-0.05, 0) is 55.0 Å². The quantitative estimate of drug-likeness (QED) is 0.327. The van der Waals surface area contributed by atoms with Crippen molar-refractivity contribution in [2.75, 3.05) is 13.1 Å². The van der Waals surface area contributed by atoms with E-state index in [0.29, 0.717) is 12.5 Å². The lowest BCUT2D eigenvalue weighted by Crippen LogP contribution is -2.39. The van der Waals surface area contributed by atoms with E-state index >= 15 is 0 Å². The Balaban J connectivity index is 1.35. The van der Waals surface area contributed by atoms with Crippen LogP contribution in [0.2, 0.25) is 0 Å². The number of imidazole rings is 1. The number of piperidine rings is 1. The van der Waals surface area contributed by atoms with Crippen molar-refractivity contribution in [3.8, 4) is 0 Å². The highest BCUT2D eigenvalue weighted by Crippen LogP contribution is 2.28. The number of benzene rings is 2. The lowest BCUT2D eigenvalue weighted by Gasteiger charge is -2.31. The fraction of sp³-hybridized carbons (Fsp3) is 0.321. The predicted molar refractivity (Wildman–Crippen MR) is 138 cm³/mol. The van der Waals surface area contributed by atoms with Crippen LogP contribution in [0.1, 0.15) is 46.8 Å². The van der Waals surface area contributed by atoms with Gasteiger partial charge < -0.3 is 9.47 Å². The Morgan fingerprint density at radius 2 is 1.82 bits per heavy atom. The first-order valence-corrected chi connectivity index (χ1v) is 12.9. The van der Waals surface area contributed by atoms with Gasteiger partial charge in [-0.2, -0.15) is 0 Å². The molecule has 0 unspecified atom stereocenters. The van der Waals surface area contributed by atoms with E-state index in [2.05, 4.69) is 59.8 Å². The van der Waals surface area contributed by atoms with Crippen molar-refractivity contribution in [1.82, 2.24) is 19.4 Å². The number of thioether (sulfide) groups is 1. The van der Waals surface area contributed by atoms with E-state index < -0.39 is 0 Å². The summed E-state index contributed by atoms with van der Waals surface area (Å²) < 4.78 is 2.23. The zero-order valence-electron chi connectivity index (χ0n) is 19.8. The summed E-state index contributed by atoms with van der Waals surface area (Å²) in [5, 5.41) is 0.978. The minimum Gasteiger partial charge on any atom is -0.338 e. The number of amides is 1. The molecule has 0 saturated carbocycles. The summed E-state index contributed by atoms with van der Waals surface area (Å²) in [7, 11) is 0. The Bertz CT molecular complexity index is 1280. The molecule has 1 saturated heterocycles. The van der Waals surface area contributed by atoms with Gasteiger partial charge in [0.05, 0.1) is 23.8 Å². The van der Waals surface area contributed by atoms with Gasteiger partial charge >= 0.3 is 0 Å². The highest BCUT2D eigenvalue weighted by atomic mass is 32.2. The van der Waals surface area contributed by atoms with Crippen molar-refractivity contribution in [2.45, 2.75) is 44.1 Å². The van der Waals surface area contributed by atoms with Crippen LogP contribution >= 0.6 is 11.8 Å². The van der Waals surface area contributed by atoms with E-state index in [1.54, 1.807) is 18.0 Å². The Labute approximate surface area is 205 Å². The van der Waals surface area contributed by atoms with E-state index in [0.717, 1.165) is 52.6 Å². The summed E-state index contributed by atoms with van der Waals surface area (Å²) in [6.45, 7) is 6.74. The maximum atomic E-state index is 12.9. The highest BCUT2D eigenvalue weighted by Gasteiger charge is 2.22. The Morgan fingerprint density at radius 3 is 2.59 bits per heavy atom. The summed E-state index contributed by atoms with van der Waals surface area (Å²) in [4.78, 5) is 24.2. The van der Waals surface area contributed by atoms with Crippen LogP contribution < -0.4 is 0 Å². The zero-order valence-corrected chi connectivity index (χ0v) is 20.6. The number of fused-ring (bicyclic) bond motifs is 1. The maximum absolute atomic E-state index is 12.9. The van der Waals surface area contributed by atoms with Crippen LogP contribution in [0, 0.1) is 12.8 Å². The molecular weight excluding hydrogens is 440 g/mol. The first-order chi connectivity index (χ1) is 16.6. The first kappa shape index (κ1) is 22.7. The second kappa shape index (κ2) is 10.0. The number of aromatic nitrogens is 3. The monoisotopic (exact) mass is 470 g/mol. The van der Waals surface area contributed by atoms with Crippen LogP contribution in [0.4, 0.5) is 0 Å². The molecule has 1 aliphatic rings. The van der Waals surface area contributed by atoms with Gasteiger partial charge in [0.25, 0.3) is 5.91 Å². The number of hydrogen-bond acceptors (Lipinski definition) is 4. The molecule has 5 nitrogen and oxygen atoms in total. The molecule has 2 aromatic heterocycles. The molecule has 0 spiro atoms. The largest absolute Gasteiger partial charge is 0.338 e. The van der Waals surface area contributed by atoms with Crippen LogP contribution in [0.3, 0.4) is 0 Å². The van der Waals surface area contributed by atoms with Crippen LogP contribution in [0.25, 0.3) is 11.0 Å². The predicted octanol–water partition coefficient (Wildman–Crippen LogP) is 5.95. The Morgan fingerprint density at radius 1 is 1.06 bits per heavy atom. The van der Waals surface area contributed by atoms with Crippen LogP contribution in [0.5, 0.6) is 0 Å². The smallest absolute Gasteiger partial charge is 0.253 e. The minimum absolute atomic E-state index is 0.143. The Kier molecular flexibility index (Phi) is 6.68. The van der Waals surface area contributed by atoms with E-state index in [1.165, 1.54) is 17.5 Å². The first-order valence-electron chi connectivity index (χ1n) is 11.9. The van der Waals surface area contributed by atoms with Gasteiger partial charge in [-0.3, -0.25) is 9.78 Å². The molecule has 0 aliphatic carbocycles. The number of carbonyl (C=O) groups excluding carboxylic acids is 1. The summed E-state index contributed by atoms with van der Waals surface area (Å²) in [5.41, 5.74) is 6.43. The van der Waals surface area contributed by atoms with Gasteiger partial charge in [0.2, 0.25) is 0 Å². The van der Waals surface area contributed by atoms with E-state index in [-0.39, 0.29) is 5.91 Å². The van der Waals surface area contributed by atoms with Crippen molar-refractivity contribution >= 4 is 28.7 Å². The third kappa shape index (κ3) is 5.02. The number of aryl methyl sites for hydroxylation is 1. The van der Waals surface area contributed by atoms with Gasteiger partial charge in [0.1, 0.15) is 0 Å². The van der Waals surface area contributed by atoms with Gasteiger partial charge in [-0.1, -0.05) is 60.6 Å². The van der Waals surface area contributed by atoms with E-state index in [9.17, 15) is 4.79 Å². The van der Waals surface area contributed by atoms with Crippen LogP contribution in [-0.2, 0) is 12.3 Å². The van der Waals surface area contributed by atoms with Crippen molar-refractivity contribution < 1.29 is 4.79 Å². The lowest BCUT2D eigenvalue weighted by atomic mass is 9.99. The third-order valence-corrected chi connectivity index (χ3v) is 7.54. The van der Waals surface area contributed by atoms with Gasteiger partial charge in [-0.15, -0.1) is 0 Å². The molecule has 0 bridgehead atoms. The van der Waals surface area contributed by atoms with Gasteiger partial charge in [0, 0.05) is 30.6 Å². The molecule has 0 radical (unpaired) electrons. The summed E-state index contributed by atoms with van der Waals surface area (Å²) in [6.07, 6.45) is 5.97. The molecule has 1 atom stereocenters. The molecule has 0 N–H and O–H groups in total. The van der Waals surface area contributed by atoms with Crippen LogP contribution in [0.15, 0.2) is 72.1 Å². The summed E-state index contributed by atoms with van der Waals surface area (Å²) in [6, 6.07) is 18.7. The molecule has 1 amide bonds.